The lowest BCUT2D eigenvalue weighted by Crippen LogP contribution is -2.05. The summed E-state index contributed by atoms with van der Waals surface area (Å²) in [6.07, 6.45) is 0. The molecule has 0 aliphatic heterocycles. The van der Waals surface area contributed by atoms with Crippen molar-refractivity contribution in [3.8, 4) is 0 Å². The van der Waals surface area contributed by atoms with Crippen molar-refractivity contribution in [2.24, 2.45) is 0 Å². The van der Waals surface area contributed by atoms with Gasteiger partial charge in [0.25, 0.3) is 0 Å². The average molecular weight is 179 g/mol. The molecule has 3 heteroatoms. The van der Waals surface area contributed by atoms with Crippen molar-refractivity contribution in [2.75, 3.05) is 0 Å². The normalized spacial score (nSPS) is 12.0. The van der Waals surface area contributed by atoms with E-state index in [4.69, 9.17) is 11.6 Å². The molecule has 0 spiro atoms. The highest BCUT2D eigenvalue weighted by Gasteiger charge is 2.20. The van der Waals surface area contributed by atoms with Crippen LogP contribution in [0.15, 0.2) is 12.1 Å². The molecule has 0 saturated carbocycles. The van der Waals surface area contributed by atoms with Crippen LogP contribution in [0.25, 0.3) is 0 Å². The fraction of sp³-hybridized carbons (Fsp3) is 0.429. The molecule has 1 rings (SSSR count). The number of hydrogen-bond donors (Lipinski definition) is 0. The number of thiophene rings is 1. The molecular weight excluding hydrogens is 171 g/mol. The lowest BCUT2D eigenvalue weighted by atomic mass is 10.1. The van der Waals surface area contributed by atoms with Gasteiger partial charge in [0.1, 0.15) is 5.67 Å². The minimum Gasteiger partial charge on any atom is -0.238 e. The average Bonchev–Trinajstić information content (AvgIpc) is 2.11. The molecule has 0 bridgehead atoms. The SMILES string of the molecule is CC(C)(F)c1ccc(Cl)s1. The van der Waals surface area contributed by atoms with E-state index >= 15 is 0 Å². The zero-order valence-corrected chi connectivity index (χ0v) is 7.39. The van der Waals surface area contributed by atoms with E-state index in [9.17, 15) is 4.39 Å². The second-order valence-corrected chi connectivity index (χ2v) is 4.29. The fourth-order valence-corrected chi connectivity index (χ4v) is 1.67. The number of rotatable bonds is 1. The third kappa shape index (κ3) is 1.70. The zero-order valence-electron chi connectivity index (χ0n) is 5.82. The Balaban J connectivity index is 2.96. The largest absolute Gasteiger partial charge is 0.238 e. The first-order chi connectivity index (χ1) is 4.50. The van der Waals surface area contributed by atoms with Crippen molar-refractivity contribution in [3.63, 3.8) is 0 Å². The van der Waals surface area contributed by atoms with E-state index in [1.807, 2.05) is 0 Å². The standard InChI is InChI=1S/C7H8ClFS/c1-7(2,9)5-3-4-6(8)10-5/h3-4H,1-2H3. The van der Waals surface area contributed by atoms with Gasteiger partial charge in [-0.15, -0.1) is 11.3 Å². The number of halogens is 2. The van der Waals surface area contributed by atoms with Crippen LogP contribution in [0.1, 0.15) is 18.7 Å². The smallest absolute Gasteiger partial charge is 0.139 e. The molecule has 1 heterocycles. The first-order valence-corrected chi connectivity index (χ1v) is 4.14. The Labute approximate surface area is 68.6 Å². The second-order valence-electron chi connectivity index (χ2n) is 2.58. The lowest BCUT2D eigenvalue weighted by Gasteiger charge is -2.09. The van der Waals surface area contributed by atoms with Gasteiger partial charge in [-0.3, -0.25) is 0 Å². The predicted molar refractivity (Wildman–Crippen MR) is 43.5 cm³/mol. The summed E-state index contributed by atoms with van der Waals surface area (Å²) in [5.41, 5.74) is -1.25. The summed E-state index contributed by atoms with van der Waals surface area (Å²) in [6, 6.07) is 3.43. The summed E-state index contributed by atoms with van der Waals surface area (Å²) < 4.78 is 13.7. The molecule has 0 nitrogen and oxygen atoms in total. The lowest BCUT2D eigenvalue weighted by molar-refractivity contribution is 0.227. The van der Waals surface area contributed by atoms with Crippen LogP contribution in [0.2, 0.25) is 4.34 Å². The second kappa shape index (κ2) is 2.51. The van der Waals surface area contributed by atoms with Crippen LogP contribution in [0.3, 0.4) is 0 Å². The molecule has 1 aromatic rings. The van der Waals surface area contributed by atoms with Gasteiger partial charge in [-0.05, 0) is 26.0 Å². The van der Waals surface area contributed by atoms with Crippen molar-refractivity contribution >= 4 is 22.9 Å². The van der Waals surface area contributed by atoms with Gasteiger partial charge in [-0.2, -0.15) is 0 Å². The summed E-state index contributed by atoms with van der Waals surface area (Å²) in [4.78, 5) is 0.678. The molecule has 1 aromatic heterocycles. The molecule has 0 radical (unpaired) electrons. The minimum atomic E-state index is -1.25. The van der Waals surface area contributed by atoms with Gasteiger partial charge in [0.2, 0.25) is 0 Å². The summed E-state index contributed by atoms with van der Waals surface area (Å²) in [7, 11) is 0. The van der Waals surface area contributed by atoms with Crippen LogP contribution >= 0.6 is 22.9 Å². The van der Waals surface area contributed by atoms with Gasteiger partial charge in [0.05, 0.1) is 4.34 Å². The number of alkyl halides is 1. The summed E-state index contributed by atoms with van der Waals surface area (Å²) >= 11 is 6.90. The summed E-state index contributed by atoms with van der Waals surface area (Å²) in [6.45, 7) is 3.05. The van der Waals surface area contributed by atoms with Crippen LogP contribution in [0.5, 0.6) is 0 Å². The molecule has 56 valence electrons. The predicted octanol–water partition coefficient (Wildman–Crippen LogP) is 3.61. The Kier molecular flexibility index (Phi) is 2.02. The number of hydrogen-bond acceptors (Lipinski definition) is 1. The molecule has 0 saturated heterocycles. The molecular formula is C7H8ClFS. The Morgan fingerprint density at radius 2 is 2.10 bits per heavy atom. The highest BCUT2D eigenvalue weighted by atomic mass is 35.5. The topological polar surface area (TPSA) is 0 Å². The molecule has 0 amide bonds. The maximum absolute atomic E-state index is 13.1. The van der Waals surface area contributed by atoms with Gasteiger partial charge >= 0.3 is 0 Å². The van der Waals surface area contributed by atoms with E-state index in [0.29, 0.717) is 9.21 Å². The van der Waals surface area contributed by atoms with E-state index < -0.39 is 5.67 Å². The molecule has 0 atom stereocenters. The molecule has 0 fully saturated rings. The Morgan fingerprint density at radius 3 is 2.30 bits per heavy atom. The van der Waals surface area contributed by atoms with Crippen LogP contribution in [0, 0.1) is 0 Å². The van der Waals surface area contributed by atoms with Crippen LogP contribution in [0.4, 0.5) is 4.39 Å². The van der Waals surface area contributed by atoms with Gasteiger partial charge in [0, 0.05) is 4.88 Å². The van der Waals surface area contributed by atoms with Crippen LogP contribution in [-0.2, 0) is 5.67 Å². The zero-order chi connectivity index (χ0) is 7.78. The fourth-order valence-electron chi connectivity index (χ4n) is 0.634. The van der Waals surface area contributed by atoms with E-state index in [1.165, 1.54) is 25.2 Å². The van der Waals surface area contributed by atoms with Crippen LogP contribution in [-0.4, -0.2) is 0 Å². The van der Waals surface area contributed by atoms with Crippen LogP contribution < -0.4 is 0 Å². The molecule has 0 N–H and O–H groups in total. The molecule has 10 heavy (non-hydrogen) atoms. The van der Waals surface area contributed by atoms with Gasteiger partial charge in [-0.1, -0.05) is 11.6 Å². The van der Waals surface area contributed by atoms with E-state index in [0.717, 1.165) is 0 Å². The monoisotopic (exact) mass is 178 g/mol. The molecule has 0 aliphatic carbocycles. The molecule has 0 aliphatic rings. The molecule has 0 unspecified atom stereocenters. The van der Waals surface area contributed by atoms with Gasteiger partial charge in [0.15, 0.2) is 0 Å². The van der Waals surface area contributed by atoms with E-state index in [-0.39, 0.29) is 0 Å². The highest BCUT2D eigenvalue weighted by molar-refractivity contribution is 7.16. The summed E-state index contributed by atoms with van der Waals surface area (Å²) in [5.74, 6) is 0. The quantitative estimate of drug-likeness (QED) is 0.617. The van der Waals surface area contributed by atoms with Gasteiger partial charge < -0.3 is 0 Å². The van der Waals surface area contributed by atoms with Crippen molar-refractivity contribution < 1.29 is 4.39 Å². The maximum atomic E-state index is 13.1. The Bertz CT molecular complexity index is 224. The molecule has 0 aromatic carbocycles. The summed E-state index contributed by atoms with van der Waals surface area (Å²) in [5, 5.41) is 0. The first-order valence-electron chi connectivity index (χ1n) is 2.95. The van der Waals surface area contributed by atoms with Crippen molar-refractivity contribution in [1.82, 2.24) is 0 Å². The van der Waals surface area contributed by atoms with E-state index in [2.05, 4.69) is 0 Å². The first kappa shape index (κ1) is 8.02. The van der Waals surface area contributed by atoms with Crippen molar-refractivity contribution in [2.45, 2.75) is 19.5 Å². The Hall–Kier alpha value is -0.0800. The van der Waals surface area contributed by atoms with Crippen molar-refractivity contribution in [3.05, 3.63) is 21.3 Å². The maximum Gasteiger partial charge on any atom is 0.139 e. The van der Waals surface area contributed by atoms with Gasteiger partial charge in [-0.25, -0.2) is 4.39 Å². The third-order valence-electron chi connectivity index (χ3n) is 1.16. The minimum absolute atomic E-state index is 0.640. The highest BCUT2D eigenvalue weighted by Crippen LogP contribution is 2.32. The van der Waals surface area contributed by atoms with E-state index in [1.54, 1.807) is 12.1 Å². The Morgan fingerprint density at radius 1 is 1.50 bits per heavy atom. The van der Waals surface area contributed by atoms with Crippen molar-refractivity contribution in [1.29, 1.82) is 0 Å². The third-order valence-corrected chi connectivity index (χ3v) is 2.69.